The molecule has 0 saturated carbocycles. The van der Waals surface area contributed by atoms with Gasteiger partial charge in [0.2, 0.25) is 0 Å². The monoisotopic (exact) mass is 419 g/mol. The summed E-state index contributed by atoms with van der Waals surface area (Å²) in [5.41, 5.74) is 7.73. The fourth-order valence-electron chi connectivity index (χ4n) is 3.23. The maximum atomic E-state index is 14.5. The number of carboxylic acid groups (broad SMARTS) is 1. The van der Waals surface area contributed by atoms with Gasteiger partial charge < -0.3 is 16.2 Å². The van der Waals surface area contributed by atoms with Gasteiger partial charge in [-0.3, -0.25) is 9.59 Å². The molecule has 0 unspecified atom stereocenters. The van der Waals surface area contributed by atoms with Crippen LogP contribution in [0, 0.1) is 5.82 Å². The highest BCUT2D eigenvalue weighted by Crippen LogP contribution is 2.23. The molecule has 0 fully saturated rings. The van der Waals surface area contributed by atoms with Crippen LogP contribution in [-0.4, -0.2) is 31.6 Å². The first-order valence-corrected chi connectivity index (χ1v) is 9.41. The summed E-state index contributed by atoms with van der Waals surface area (Å²) in [5.74, 6) is -2.10. The first-order chi connectivity index (χ1) is 15.0. The Morgan fingerprint density at radius 1 is 1.13 bits per heavy atom. The number of hydrogen-bond donors (Lipinski definition) is 3. The molecule has 4 aromatic rings. The van der Waals surface area contributed by atoms with E-state index in [1.54, 1.807) is 54.7 Å². The molecule has 0 aliphatic carbocycles. The third-order valence-electron chi connectivity index (χ3n) is 4.72. The summed E-state index contributed by atoms with van der Waals surface area (Å²) >= 11 is 0. The number of para-hydroxylation sites is 1. The van der Waals surface area contributed by atoms with E-state index in [9.17, 15) is 14.0 Å². The van der Waals surface area contributed by atoms with Crippen LogP contribution in [0.2, 0.25) is 0 Å². The molecule has 4 N–H and O–H groups in total. The predicted octanol–water partition coefficient (Wildman–Crippen LogP) is 2.87. The number of nitrogens with one attached hydrogen (secondary N) is 1. The van der Waals surface area contributed by atoms with Crippen LogP contribution in [0.1, 0.15) is 21.6 Å². The van der Waals surface area contributed by atoms with Gasteiger partial charge in [-0.05, 0) is 41.5 Å². The Kier molecular flexibility index (Phi) is 5.42. The van der Waals surface area contributed by atoms with E-state index in [0.29, 0.717) is 22.3 Å². The van der Waals surface area contributed by atoms with Gasteiger partial charge in [-0.1, -0.05) is 24.3 Å². The number of amides is 1. The molecule has 1 amide bonds. The maximum Gasteiger partial charge on any atom is 0.307 e. The summed E-state index contributed by atoms with van der Waals surface area (Å²) in [5, 5.41) is 16.1. The number of nitrogens with zero attached hydrogens (tertiary/aromatic N) is 3. The Labute approximate surface area is 176 Å². The minimum absolute atomic E-state index is 0.0256. The number of carbonyl (C=O) groups is 2. The van der Waals surface area contributed by atoms with E-state index >= 15 is 0 Å². The number of anilines is 1. The van der Waals surface area contributed by atoms with Crippen molar-refractivity contribution in [2.75, 3.05) is 5.32 Å². The van der Waals surface area contributed by atoms with Gasteiger partial charge in [0, 0.05) is 18.4 Å². The van der Waals surface area contributed by atoms with E-state index in [4.69, 9.17) is 10.8 Å². The SMILES string of the molecule is NCc1ccc(F)c(-c2nc(C(=O)Nc3ccccc3CC(=O)O)c3cccn3n2)c1. The van der Waals surface area contributed by atoms with Gasteiger partial charge in [0.1, 0.15) is 5.82 Å². The van der Waals surface area contributed by atoms with Crippen LogP contribution in [0.3, 0.4) is 0 Å². The molecule has 0 aliphatic heterocycles. The van der Waals surface area contributed by atoms with E-state index in [1.807, 2.05) is 0 Å². The Morgan fingerprint density at radius 3 is 2.71 bits per heavy atom. The molecular weight excluding hydrogens is 401 g/mol. The number of carbonyl (C=O) groups excluding carboxylic acids is 1. The van der Waals surface area contributed by atoms with Crippen molar-refractivity contribution >= 4 is 23.1 Å². The summed E-state index contributed by atoms with van der Waals surface area (Å²) < 4.78 is 15.9. The molecule has 0 atom stereocenters. The van der Waals surface area contributed by atoms with Gasteiger partial charge in [0.15, 0.2) is 11.5 Å². The topological polar surface area (TPSA) is 123 Å². The second-order valence-corrected chi connectivity index (χ2v) is 6.82. The van der Waals surface area contributed by atoms with Crippen LogP contribution in [-0.2, 0) is 17.8 Å². The number of aromatic nitrogens is 3. The Bertz CT molecular complexity index is 1300. The quantitative estimate of drug-likeness (QED) is 0.442. The normalized spacial score (nSPS) is 10.9. The summed E-state index contributed by atoms with van der Waals surface area (Å²) in [6.07, 6.45) is 1.38. The van der Waals surface area contributed by atoms with E-state index < -0.39 is 17.7 Å². The van der Waals surface area contributed by atoms with Crippen LogP contribution in [0.4, 0.5) is 10.1 Å². The zero-order chi connectivity index (χ0) is 22.0. The second kappa shape index (κ2) is 8.33. The maximum absolute atomic E-state index is 14.5. The van der Waals surface area contributed by atoms with Crippen molar-refractivity contribution in [1.82, 2.24) is 14.6 Å². The molecular formula is C22H18FN5O3. The van der Waals surface area contributed by atoms with Crippen LogP contribution >= 0.6 is 0 Å². The Morgan fingerprint density at radius 2 is 1.94 bits per heavy atom. The van der Waals surface area contributed by atoms with Crippen LogP contribution < -0.4 is 11.1 Å². The zero-order valence-electron chi connectivity index (χ0n) is 16.2. The first kappa shape index (κ1) is 20.2. The van der Waals surface area contributed by atoms with E-state index in [2.05, 4.69) is 15.4 Å². The Balaban J connectivity index is 1.77. The lowest BCUT2D eigenvalue weighted by Crippen LogP contribution is -2.18. The number of hydrogen-bond acceptors (Lipinski definition) is 5. The lowest BCUT2D eigenvalue weighted by Gasteiger charge is -2.12. The fourth-order valence-corrected chi connectivity index (χ4v) is 3.23. The molecule has 2 aromatic heterocycles. The van der Waals surface area contributed by atoms with Crippen LogP contribution in [0.5, 0.6) is 0 Å². The number of fused-ring (bicyclic) bond motifs is 1. The average molecular weight is 419 g/mol. The van der Waals surface area contributed by atoms with Crippen LogP contribution in [0.25, 0.3) is 16.9 Å². The molecule has 0 aliphatic rings. The summed E-state index contributed by atoms with van der Waals surface area (Å²) in [6, 6.07) is 14.4. The number of aliphatic carboxylic acids is 1. The summed E-state index contributed by atoms with van der Waals surface area (Å²) in [7, 11) is 0. The van der Waals surface area contributed by atoms with Gasteiger partial charge >= 0.3 is 5.97 Å². The van der Waals surface area contributed by atoms with E-state index in [0.717, 1.165) is 0 Å². The highest BCUT2D eigenvalue weighted by molar-refractivity contribution is 6.08. The minimum atomic E-state index is -1.02. The average Bonchev–Trinajstić information content (AvgIpc) is 3.23. The number of nitrogens with two attached hydrogens (primary N) is 1. The molecule has 0 bridgehead atoms. The number of halogens is 1. The van der Waals surface area contributed by atoms with Crippen molar-refractivity contribution in [2.45, 2.75) is 13.0 Å². The minimum Gasteiger partial charge on any atom is -0.481 e. The lowest BCUT2D eigenvalue weighted by molar-refractivity contribution is -0.136. The fraction of sp³-hybridized carbons (Fsp3) is 0.0909. The zero-order valence-corrected chi connectivity index (χ0v) is 16.2. The smallest absolute Gasteiger partial charge is 0.307 e. The second-order valence-electron chi connectivity index (χ2n) is 6.82. The standard InChI is InChI=1S/C22H18FN5O3/c23-16-8-7-13(12-24)10-15(16)21-26-20(18-6-3-9-28(18)27-21)22(31)25-17-5-2-1-4-14(17)11-19(29)30/h1-10H,11-12,24H2,(H,25,31)(H,29,30). The largest absolute Gasteiger partial charge is 0.481 e. The Hall–Kier alpha value is -4.11. The first-order valence-electron chi connectivity index (χ1n) is 9.41. The van der Waals surface area contributed by atoms with Gasteiger partial charge in [0.05, 0.1) is 17.5 Å². The summed E-state index contributed by atoms with van der Waals surface area (Å²) in [6.45, 7) is 0.215. The van der Waals surface area contributed by atoms with Gasteiger partial charge in [0.25, 0.3) is 5.91 Å². The highest BCUT2D eigenvalue weighted by atomic mass is 19.1. The van der Waals surface area contributed by atoms with Crippen molar-refractivity contribution in [3.63, 3.8) is 0 Å². The van der Waals surface area contributed by atoms with Crippen LogP contribution in [0.15, 0.2) is 60.8 Å². The molecule has 31 heavy (non-hydrogen) atoms. The third-order valence-corrected chi connectivity index (χ3v) is 4.72. The van der Waals surface area contributed by atoms with Crippen molar-refractivity contribution in [1.29, 1.82) is 0 Å². The molecule has 0 radical (unpaired) electrons. The molecule has 0 spiro atoms. The summed E-state index contributed by atoms with van der Waals surface area (Å²) in [4.78, 5) is 28.5. The molecule has 2 aromatic carbocycles. The number of benzene rings is 2. The third kappa shape index (κ3) is 4.12. The molecule has 2 heterocycles. The van der Waals surface area contributed by atoms with Gasteiger partial charge in [-0.2, -0.15) is 0 Å². The van der Waals surface area contributed by atoms with Crippen molar-refractivity contribution in [3.8, 4) is 11.4 Å². The predicted molar refractivity (Wildman–Crippen MR) is 112 cm³/mol. The van der Waals surface area contributed by atoms with Gasteiger partial charge in [-0.25, -0.2) is 13.9 Å². The molecule has 9 heteroatoms. The van der Waals surface area contributed by atoms with E-state index in [1.165, 1.54) is 10.6 Å². The molecule has 4 rings (SSSR count). The molecule has 0 saturated heterocycles. The van der Waals surface area contributed by atoms with Crippen molar-refractivity contribution < 1.29 is 19.1 Å². The van der Waals surface area contributed by atoms with E-state index in [-0.39, 0.29) is 30.0 Å². The van der Waals surface area contributed by atoms with Crippen molar-refractivity contribution in [2.24, 2.45) is 5.73 Å². The molecule has 156 valence electrons. The number of carboxylic acids is 1. The van der Waals surface area contributed by atoms with Gasteiger partial charge in [-0.15, -0.1) is 5.10 Å². The highest BCUT2D eigenvalue weighted by Gasteiger charge is 2.19. The number of rotatable bonds is 6. The lowest BCUT2D eigenvalue weighted by atomic mass is 10.1. The molecule has 8 nitrogen and oxygen atoms in total. The van der Waals surface area contributed by atoms with Crippen molar-refractivity contribution in [3.05, 3.63) is 83.4 Å².